The van der Waals surface area contributed by atoms with Gasteiger partial charge in [0.2, 0.25) is 0 Å². The molecule has 0 amide bonds. The van der Waals surface area contributed by atoms with Crippen LogP contribution in [0.4, 0.5) is 4.79 Å². The van der Waals surface area contributed by atoms with E-state index in [-0.39, 0.29) is 5.04 Å². The molecule has 138 valence electrons. The van der Waals surface area contributed by atoms with Crippen molar-refractivity contribution >= 4 is 47.9 Å². The van der Waals surface area contributed by atoms with Crippen molar-refractivity contribution in [3.8, 4) is 0 Å². The summed E-state index contributed by atoms with van der Waals surface area (Å²) in [7, 11) is -2.29. The van der Waals surface area contributed by atoms with Gasteiger partial charge >= 0.3 is 6.09 Å². The maximum atomic E-state index is 12.4. The number of rotatable bonds is 3. The van der Waals surface area contributed by atoms with E-state index in [1.807, 2.05) is 46.0 Å². The van der Waals surface area contributed by atoms with E-state index in [0.717, 1.165) is 26.6 Å². The fraction of sp³-hybridized carbons (Fsp3) is 0.556. The summed E-state index contributed by atoms with van der Waals surface area (Å²) in [6, 6.07) is 5.97. The number of carbonyl (C=O) groups is 1. The Morgan fingerprint density at radius 1 is 1.28 bits per heavy atom. The van der Waals surface area contributed by atoms with Gasteiger partial charge in [0.1, 0.15) is 9.30 Å². The maximum absolute atomic E-state index is 12.4. The van der Waals surface area contributed by atoms with Crippen molar-refractivity contribution in [3.05, 3.63) is 27.5 Å². The molecule has 1 heterocycles. The molecule has 0 aliphatic heterocycles. The van der Waals surface area contributed by atoms with Gasteiger partial charge in [-0.3, -0.25) is 0 Å². The number of nitrogens with zero attached hydrogens (tertiary/aromatic N) is 2. The van der Waals surface area contributed by atoms with E-state index >= 15 is 0 Å². The van der Waals surface area contributed by atoms with Gasteiger partial charge in [0.05, 0.1) is 5.52 Å². The average Bonchev–Trinajstić information content (AvgIpc) is 2.72. The molecule has 0 bridgehead atoms. The third-order valence-electron chi connectivity index (χ3n) is 4.57. The second-order valence-electron chi connectivity index (χ2n) is 8.65. The smallest absolute Gasteiger partial charge is 0.435 e. The monoisotopic (exact) mass is 474 g/mol. The fourth-order valence-electron chi connectivity index (χ4n) is 2.41. The molecule has 0 saturated carbocycles. The molecule has 2 rings (SSSR count). The van der Waals surface area contributed by atoms with Crippen LogP contribution in [0.15, 0.2) is 18.2 Å². The Labute approximate surface area is 164 Å². The zero-order valence-electron chi connectivity index (χ0n) is 16.0. The molecule has 5 nitrogen and oxygen atoms in total. The maximum Gasteiger partial charge on any atom is 0.435 e. The van der Waals surface area contributed by atoms with Crippen LogP contribution in [0.25, 0.3) is 10.9 Å². The van der Waals surface area contributed by atoms with Crippen molar-refractivity contribution in [3.63, 3.8) is 0 Å². The third kappa shape index (κ3) is 4.62. The summed E-state index contributed by atoms with van der Waals surface area (Å²) in [5.41, 5.74) is 1.30. The fourth-order valence-corrected chi connectivity index (χ4v) is 3.69. The molecule has 0 atom stereocenters. The van der Waals surface area contributed by atoms with Crippen molar-refractivity contribution in [1.82, 2.24) is 9.78 Å². The summed E-state index contributed by atoms with van der Waals surface area (Å²) >= 11 is 2.14. The Morgan fingerprint density at radius 3 is 2.40 bits per heavy atom. The highest BCUT2D eigenvalue weighted by Crippen LogP contribution is 2.39. The molecule has 0 radical (unpaired) electrons. The Balaban J connectivity index is 2.40. The molecular weight excluding hydrogens is 447 g/mol. The standard InChI is InChI=1S/C18H27IN2O3Si/c1-17(2,3)24-16(22)21-14-9-8-12(10-13(14)15(19)20-21)11-18(4,5)25(6,7)23/h8-10,23H,11H2,1-7H3. The zero-order valence-corrected chi connectivity index (χ0v) is 19.1. The van der Waals surface area contributed by atoms with Crippen molar-refractivity contribution < 1.29 is 14.3 Å². The molecule has 0 aliphatic carbocycles. The molecule has 25 heavy (non-hydrogen) atoms. The predicted octanol–water partition coefficient (Wildman–Crippen LogP) is 4.94. The van der Waals surface area contributed by atoms with Crippen LogP contribution in [-0.2, 0) is 11.2 Å². The van der Waals surface area contributed by atoms with Crippen molar-refractivity contribution in [2.24, 2.45) is 0 Å². The number of fused-ring (bicyclic) bond motifs is 1. The topological polar surface area (TPSA) is 64.4 Å². The first-order chi connectivity index (χ1) is 11.2. The lowest BCUT2D eigenvalue weighted by molar-refractivity contribution is 0.0522. The normalized spacial score (nSPS) is 13.3. The number of hydrogen-bond donors (Lipinski definition) is 1. The van der Waals surface area contributed by atoms with Crippen molar-refractivity contribution in [2.75, 3.05) is 0 Å². The summed E-state index contributed by atoms with van der Waals surface area (Å²) in [4.78, 5) is 22.9. The van der Waals surface area contributed by atoms with Crippen LogP contribution in [-0.4, -0.2) is 34.6 Å². The van der Waals surface area contributed by atoms with E-state index in [1.165, 1.54) is 4.68 Å². The Bertz CT molecular complexity index is 801. The zero-order chi connectivity index (χ0) is 19.2. The van der Waals surface area contributed by atoms with Gasteiger partial charge in [-0.25, -0.2) is 4.79 Å². The lowest BCUT2D eigenvalue weighted by Crippen LogP contribution is -2.40. The summed E-state index contributed by atoms with van der Waals surface area (Å²) in [6.07, 6.45) is 0.309. The van der Waals surface area contributed by atoms with Gasteiger partial charge in [0.25, 0.3) is 0 Å². The average molecular weight is 474 g/mol. The van der Waals surface area contributed by atoms with Crippen LogP contribution in [0, 0.1) is 3.70 Å². The third-order valence-corrected chi connectivity index (χ3v) is 8.85. The first-order valence-electron chi connectivity index (χ1n) is 8.34. The van der Waals surface area contributed by atoms with Crippen LogP contribution >= 0.6 is 22.6 Å². The number of ether oxygens (including phenoxy) is 1. The van der Waals surface area contributed by atoms with Gasteiger partial charge in [-0.15, -0.1) is 0 Å². The number of aromatic nitrogens is 2. The second-order valence-corrected chi connectivity index (χ2v) is 14.1. The molecule has 0 saturated heterocycles. The van der Waals surface area contributed by atoms with Gasteiger partial charge in [0, 0.05) is 5.39 Å². The van der Waals surface area contributed by atoms with Crippen molar-refractivity contribution in [1.29, 1.82) is 0 Å². The lowest BCUT2D eigenvalue weighted by Gasteiger charge is -2.35. The van der Waals surface area contributed by atoms with Gasteiger partial charge in [-0.2, -0.15) is 9.78 Å². The van der Waals surface area contributed by atoms with E-state index in [9.17, 15) is 9.59 Å². The van der Waals surface area contributed by atoms with Gasteiger partial charge < -0.3 is 9.53 Å². The minimum absolute atomic E-state index is 0.146. The quantitative estimate of drug-likeness (QED) is 0.506. The molecule has 0 aliphatic rings. The number of carbonyl (C=O) groups excluding carboxylic acids is 1. The van der Waals surface area contributed by atoms with Crippen LogP contribution in [0.1, 0.15) is 40.2 Å². The summed E-state index contributed by atoms with van der Waals surface area (Å²) in [6.45, 7) is 13.7. The molecule has 0 unspecified atom stereocenters. The Hall–Kier alpha value is -0.933. The highest BCUT2D eigenvalue weighted by Gasteiger charge is 2.38. The van der Waals surface area contributed by atoms with E-state index in [4.69, 9.17) is 4.74 Å². The lowest BCUT2D eigenvalue weighted by atomic mass is 10.0. The molecule has 7 heteroatoms. The molecule has 0 spiro atoms. The number of halogens is 1. The summed E-state index contributed by atoms with van der Waals surface area (Å²) in [5, 5.41) is 5.13. The number of benzene rings is 1. The molecule has 1 aromatic heterocycles. The highest BCUT2D eigenvalue weighted by molar-refractivity contribution is 14.1. The second kappa shape index (κ2) is 6.66. The van der Waals surface area contributed by atoms with Crippen LogP contribution in [0.5, 0.6) is 0 Å². The van der Waals surface area contributed by atoms with E-state index in [2.05, 4.69) is 47.6 Å². The molecule has 0 fully saturated rings. The summed E-state index contributed by atoms with van der Waals surface area (Å²) in [5.74, 6) is 0. The minimum atomic E-state index is -2.29. The molecule has 1 aromatic carbocycles. The largest absolute Gasteiger partial charge is 0.442 e. The summed E-state index contributed by atoms with van der Waals surface area (Å²) < 4.78 is 7.52. The molecule has 1 N–H and O–H groups in total. The first kappa shape index (κ1) is 20.4. The van der Waals surface area contributed by atoms with E-state index < -0.39 is 20.0 Å². The Kier molecular flexibility index (Phi) is 5.43. The van der Waals surface area contributed by atoms with Gasteiger partial charge in [-0.1, -0.05) is 19.9 Å². The predicted molar refractivity (Wildman–Crippen MR) is 112 cm³/mol. The van der Waals surface area contributed by atoms with Gasteiger partial charge in [-0.05, 0) is 85.6 Å². The highest BCUT2D eigenvalue weighted by atomic mass is 127. The van der Waals surface area contributed by atoms with E-state index in [0.29, 0.717) is 0 Å². The van der Waals surface area contributed by atoms with Crippen LogP contribution < -0.4 is 0 Å². The van der Waals surface area contributed by atoms with Crippen LogP contribution in [0.3, 0.4) is 0 Å². The van der Waals surface area contributed by atoms with Gasteiger partial charge in [0.15, 0.2) is 8.32 Å². The minimum Gasteiger partial charge on any atom is -0.442 e. The SMILES string of the molecule is CC(C)(C)OC(=O)n1nc(I)c2cc(CC(C)(C)[Si](C)(C)O)ccc21. The van der Waals surface area contributed by atoms with E-state index in [1.54, 1.807) is 0 Å². The Morgan fingerprint density at radius 2 is 1.88 bits per heavy atom. The first-order valence-corrected chi connectivity index (χ1v) is 12.4. The van der Waals surface area contributed by atoms with Crippen molar-refractivity contribution in [2.45, 2.75) is 64.8 Å². The number of hydrogen-bond acceptors (Lipinski definition) is 4. The molecular formula is C18H27IN2O3Si. The molecule has 2 aromatic rings. The van der Waals surface area contributed by atoms with Crippen LogP contribution in [0.2, 0.25) is 18.1 Å².